The summed E-state index contributed by atoms with van der Waals surface area (Å²) in [5.41, 5.74) is -2.28. The van der Waals surface area contributed by atoms with E-state index in [1.54, 1.807) is 0 Å². The van der Waals surface area contributed by atoms with Gasteiger partial charge in [0.1, 0.15) is 12.3 Å². The van der Waals surface area contributed by atoms with Gasteiger partial charge >= 0.3 is 11.7 Å². The second-order valence-corrected chi connectivity index (χ2v) is 3.37. The van der Waals surface area contributed by atoms with Crippen LogP contribution in [0.2, 0.25) is 0 Å². The fourth-order valence-corrected chi connectivity index (χ4v) is 1.24. The summed E-state index contributed by atoms with van der Waals surface area (Å²) in [5, 5.41) is 8.49. The van der Waals surface area contributed by atoms with E-state index in [2.05, 4.69) is 0 Å². The minimum absolute atomic E-state index is 0.362. The molecule has 1 N–H and O–H groups in total. The maximum absolute atomic E-state index is 13.1. The molecule has 0 spiro atoms. The van der Waals surface area contributed by atoms with E-state index in [0.717, 1.165) is 6.92 Å². The van der Waals surface area contributed by atoms with Gasteiger partial charge in [-0.05, 0) is 6.92 Å². The minimum Gasteiger partial charge on any atom is -0.480 e. The number of carboxylic acids is 1. The molecular weight excluding hydrogens is 235 g/mol. The van der Waals surface area contributed by atoms with Crippen LogP contribution in [0.15, 0.2) is 15.8 Å². The maximum atomic E-state index is 13.1. The molecule has 0 saturated carbocycles. The predicted molar refractivity (Wildman–Crippen MR) is 53.2 cm³/mol. The summed E-state index contributed by atoms with van der Waals surface area (Å²) in [6.07, 6.45) is 0.509. The van der Waals surface area contributed by atoms with Gasteiger partial charge in [-0.25, -0.2) is 4.79 Å². The molecule has 7 nitrogen and oxygen atoms in total. The van der Waals surface area contributed by atoms with Crippen molar-refractivity contribution in [2.75, 3.05) is 0 Å². The van der Waals surface area contributed by atoms with Gasteiger partial charge in [-0.1, -0.05) is 0 Å². The van der Waals surface area contributed by atoms with E-state index in [1.165, 1.54) is 0 Å². The number of halogens is 1. The molecule has 0 atom stereocenters. The number of ketones is 1. The van der Waals surface area contributed by atoms with E-state index in [0.29, 0.717) is 15.3 Å². The highest BCUT2D eigenvalue weighted by Gasteiger charge is 2.13. The summed E-state index contributed by atoms with van der Waals surface area (Å²) in [4.78, 5) is 44.0. The van der Waals surface area contributed by atoms with Gasteiger partial charge in [-0.3, -0.25) is 23.5 Å². The van der Waals surface area contributed by atoms with Gasteiger partial charge in [0.2, 0.25) is 5.82 Å². The number of nitrogens with zero attached hydrogens (tertiary/aromatic N) is 2. The Morgan fingerprint density at radius 3 is 2.41 bits per heavy atom. The normalized spacial score (nSPS) is 10.2. The lowest BCUT2D eigenvalue weighted by Gasteiger charge is -2.07. The largest absolute Gasteiger partial charge is 0.480 e. The Hall–Kier alpha value is -2.25. The van der Waals surface area contributed by atoms with Gasteiger partial charge in [-0.15, -0.1) is 0 Å². The van der Waals surface area contributed by atoms with Crippen LogP contribution < -0.4 is 11.2 Å². The molecule has 0 aliphatic carbocycles. The van der Waals surface area contributed by atoms with Gasteiger partial charge in [-0.2, -0.15) is 4.39 Å². The maximum Gasteiger partial charge on any atom is 0.332 e. The molecule has 1 rings (SSSR count). The topological polar surface area (TPSA) is 98.4 Å². The van der Waals surface area contributed by atoms with E-state index in [4.69, 9.17) is 5.11 Å². The van der Waals surface area contributed by atoms with Gasteiger partial charge in [0.05, 0.1) is 12.7 Å². The molecule has 0 aliphatic rings. The van der Waals surface area contributed by atoms with Crippen molar-refractivity contribution < 1.29 is 19.1 Å². The summed E-state index contributed by atoms with van der Waals surface area (Å²) in [5.74, 6) is -3.16. The summed E-state index contributed by atoms with van der Waals surface area (Å²) in [7, 11) is 0. The fraction of sp³-hybridized carbons (Fsp3) is 0.333. The molecule has 1 heterocycles. The highest BCUT2D eigenvalue weighted by Crippen LogP contribution is 1.88. The lowest BCUT2D eigenvalue weighted by molar-refractivity contribution is -0.137. The average molecular weight is 244 g/mol. The Morgan fingerprint density at radius 2 is 1.94 bits per heavy atom. The molecule has 1 aromatic rings. The first kappa shape index (κ1) is 12.8. The molecule has 0 radical (unpaired) electrons. The van der Waals surface area contributed by atoms with Crippen molar-refractivity contribution >= 4 is 11.8 Å². The molecule has 17 heavy (non-hydrogen) atoms. The van der Waals surface area contributed by atoms with Crippen molar-refractivity contribution in [3.63, 3.8) is 0 Å². The van der Waals surface area contributed by atoms with E-state index in [1.807, 2.05) is 0 Å². The number of hydrogen-bond acceptors (Lipinski definition) is 4. The van der Waals surface area contributed by atoms with Crippen LogP contribution in [0.4, 0.5) is 4.39 Å². The molecule has 0 fully saturated rings. The Morgan fingerprint density at radius 1 is 1.35 bits per heavy atom. The zero-order chi connectivity index (χ0) is 13.2. The molecular formula is C9H9FN2O5. The minimum atomic E-state index is -1.36. The van der Waals surface area contributed by atoms with Crippen molar-refractivity contribution in [3.8, 4) is 0 Å². The summed E-state index contributed by atoms with van der Waals surface area (Å²) < 4.78 is 14.0. The quantitative estimate of drug-likeness (QED) is 0.719. The summed E-state index contributed by atoms with van der Waals surface area (Å²) in [6.45, 7) is -0.249. The summed E-state index contributed by atoms with van der Waals surface area (Å²) in [6, 6.07) is 0. The number of hydrogen-bond donors (Lipinski definition) is 1. The Balaban J connectivity index is 3.43. The molecule has 0 saturated heterocycles. The second kappa shape index (κ2) is 4.73. The van der Waals surface area contributed by atoms with Gasteiger partial charge in [0.15, 0.2) is 0 Å². The molecule has 1 aromatic heterocycles. The monoisotopic (exact) mass is 244 g/mol. The lowest BCUT2D eigenvalue weighted by Crippen LogP contribution is -2.43. The van der Waals surface area contributed by atoms with Crippen molar-refractivity contribution in [2.24, 2.45) is 0 Å². The standard InChI is InChI=1S/C9H9FN2O5/c1-5(13)2-12-8(16)6(10)3-11(9(12)17)4-7(14)15/h3H,2,4H2,1H3,(H,14,15). The zero-order valence-corrected chi connectivity index (χ0v) is 8.84. The predicted octanol–water partition coefficient (Wildman–Crippen LogP) is -1.18. The van der Waals surface area contributed by atoms with Crippen molar-refractivity contribution in [3.05, 3.63) is 32.9 Å². The SMILES string of the molecule is CC(=O)Cn1c(=O)c(F)cn(CC(=O)O)c1=O. The highest BCUT2D eigenvalue weighted by molar-refractivity contribution is 5.75. The number of carboxylic acid groups (broad SMARTS) is 1. The smallest absolute Gasteiger partial charge is 0.332 e. The highest BCUT2D eigenvalue weighted by atomic mass is 19.1. The Kier molecular flexibility index (Phi) is 3.56. The van der Waals surface area contributed by atoms with Crippen LogP contribution in [0.25, 0.3) is 0 Å². The molecule has 0 aromatic carbocycles. The first-order chi connectivity index (χ1) is 7.82. The van der Waals surface area contributed by atoms with Gasteiger partial charge in [0, 0.05) is 0 Å². The van der Waals surface area contributed by atoms with Crippen LogP contribution >= 0.6 is 0 Å². The Labute approximate surface area is 93.7 Å². The van der Waals surface area contributed by atoms with E-state index in [-0.39, 0.29) is 0 Å². The van der Waals surface area contributed by atoms with Crippen LogP contribution in [0, 0.1) is 5.82 Å². The van der Waals surface area contributed by atoms with Crippen molar-refractivity contribution in [1.82, 2.24) is 9.13 Å². The Bertz CT molecular complexity index is 586. The van der Waals surface area contributed by atoms with E-state index in [9.17, 15) is 23.6 Å². The first-order valence-corrected chi connectivity index (χ1v) is 4.54. The van der Waals surface area contributed by atoms with Gasteiger partial charge < -0.3 is 5.11 Å². The third-order valence-electron chi connectivity index (χ3n) is 1.88. The van der Waals surface area contributed by atoms with Gasteiger partial charge in [0.25, 0.3) is 5.56 Å². The number of Topliss-reactive ketones (excluding diaryl/α,β-unsaturated/α-hetero) is 1. The zero-order valence-electron chi connectivity index (χ0n) is 8.84. The first-order valence-electron chi connectivity index (χ1n) is 4.54. The molecule has 0 amide bonds. The van der Waals surface area contributed by atoms with Crippen molar-refractivity contribution in [1.29, 1.82) is 0 Å². The lowest BCUT2D eigenvalue weighted by atomic mass is 10.4. The third-order valence-corrected chi connectivity index (χ3v) is 1.88. The second-order valence-electron chi connectivity index (χ2n) is 3.37. The van der Waals surface area contributed by atoms with E-state index < -0.39 is 41.9 Å². The van der Waals surface area contributed by atoms with Crippen LogP contribution in [0.3, 0.4) is 0 Å². The molecule has 92 valence electrons. The van der Waals surface area contributed by atoms with Crippen LogP contribution in [-0.2, 0) is 22.7 Å². The van der Waals surface area contributed by atoms with Crippen LogP contribution in [0.5, 0.6) is 0 Å². The number of carbonyl (C=O) groups is 2. The number of rotatable bonds is 4. The van der Waals surface area contributed by atoms with Crippen molar-refractivity contribution in [2.45, 2.75) is 20.0 Å². The molecule has 8 heteroatoms. The fourth-order valence-electron chi connectivity index (χ4n) is 1.24. The number of aliphatic carboxylic acids is 1. The van der Waals surface area contributed by atoms with Crippen LogP contribution in [0.1, 0.15) is 6.92 Å². The average Bonchev–Trinajstić information content (AvgIpc) is 2.20. The van der Waals surface area contributed by atoms with Crippen LogP contribution in [-0.4, -0.2) is 26.0 Å². The molecule has 0 bridgehead atoms. The summed E-state index contributed by atoms with van der Waals surface area (Å²) >= 11 is 0. The van der Waals surface area contributed by atoms with E-state index >= 15 is 0 Å². The third kappa shape index (κ3) is 2.86. The molecule has 0 aliphatic heterocycles. The number of carbonyl (C=O) groups excluding carboxylic acids is 1. The number of aromatic nitrogens is 2. The molecule has 0 unspecified atom stereocenters.